The van der Waals surface area contributed by atoms with Crippen molar-refractivity contribution in [3.8, 4) is 0 Å². The molecule has 0 aliphatic carbocycles. The number of benzene rings is 3. The van der Waals surface area contributed by atoms with Crippen LogP contribution in [0.1, 0.15) is 44.3 Å². The Hall–Kier alpha value is -4.80. The van der Waals surface area contributed by atoms with Gasteiger partial charge in [0, 0.05) is 25.2 Å². The molecule has 3 aromatic rings. The van der Waals surface area contributed by atoms with Crippen LogP contribution in [0.4, 0.5) is 5.69 Å². The number of nitrogens with zero attached hydrogens (tertiary/aromatic N) is 2. The number of nitrogens with one attached hydrogen (secondary N) is 1. The predicted molar refractivity (Wildman–Crippen MR) is 185 cm³/mol. The smallest absolute Gasteiger partial charge is 0.313 e. The molecule has 256 valence electrons. The second-order valence-corrected chi connectivity index (χ2v) is 13.0. The van der Waals surface area contributed by atoms with Crippen LogP contribution in [0.15, 0.2) is 98.1 Å². The molecular weight excluding hydrogens is 622 g/mol. The molecule has 2 bridgehead atoms. The summed E-state index contributed by atoms with van der Waals surface area (Å²) in [6, 6.07) is 21.1. The van der Waals surface area contributed by atoms with E-state index in [2.05, 4.69) is 18.5 Å². The maximum absolute atomic E-state index is 14.7. The highest BCUT2D eigenvalue weighted by atomic mass is 16.6. The van der Waals surface area contributed by atoms with E-state index in [1.54, 1.807) is 24.0 Å². The molecule has 6 rings (SSSR count). The number of carbonyl (C=O) groups is 4. The number of aliphatic hydroxyl groups excluding tert-OH is 1. The van der Waals surface area contributed by atoms with Gasteiger partial charge >= 0.3 is 5.97 Å². The van der Waals surface area contributed by atoms with Gasteiger partial charge in [0.1, 0.15) is 17.7 Å². The SMILES string of the molecule is C=CCCC(=O)N[C@H](C)[C@@H](OC(=O)[C@@H]1[C@@H]2CC[C@]3(O2)[C@H](C(=O)N(CC=C)c2ccc4ccccc4c2)N(CCO)C(=O)[C@@H]13)c1ccccc1. The van der Waals surface area contributed by atoms with Crippen LogP contribution in [0.25, 0.3) is 10.8 Å². The third-order valence-corrected chi connectivity index (χ3v) is 10.1. The van der Waals surface area contributed by atoms with Crippen molar-refractivity contribution in [3.05, 3.63) is 104 Å². The zero-order valence-electron chi connectivity index (χ0n) is 27.7. The number of β-amino-alcohol motifs (C(OH)–C–C–N with tert-alkyl or cyclic N) is 1. The first-order valence-electron chi connectivity index (χ1n) is 16.9. The number of ether oxygens (including phenoxy) is 2. The van der Waals surface area contributed by atoms with Crippen LogP contribution < -0.4 is 10.2 Å². The Bertz CT molecular complexity index is 1740. The summed E-state index contributed by atoms with van der Waals surface area (Å²) in [7, 11) is 0. The van der Waals surface area contributed by atoms with Gasteiger partial charge in [0.05, 0.1) is 30.6 Å². The number of hydrogen-bond donors (Lipinski definition) is 2. The van der Waals surface area contributed by atoms with Crippen molar-refractivity contribution in [2.24, 2.45) is 11.8 Å². The highest BCUT2D eigenvalue weighted by Crippen LogP contribution is 2.59. The topological polar surface area (TPSA) is 125 Å². The number of rotatable bonds is 14. The highest BCUT2D eigenvalue weighted by Gasteiger charge is 2.75. The highest BCUT2D eigenvalue weighted by molar-refractivity contribution is 6.05. The van der Waals surface area contributed by atoms with Crippen molar-refractivity contribution < 1.29 is 33.8 Å². The molecule has 3 aliphatic rings. The molecule has 0 aromatic heterocycles. The Labute approximate surface area is 286 Å². The minimum absolute atomic E-state index is 0.0939. The number of likely N-dealkylation sites (tertiary alicyclic amines) is 1. The molecule has 49 heavy (non-hydrogen) atoms. The van der Waals surface area contributed by atoms with Gasteiger partial charge in [-0.2, -0.15) is 0 Å². The summed E-state index contributed by atoms with van der Waals surface area (Å²) in [6.07, 6.45) is 3.44. The number of anilines is 1. The summed E-state index contributed by atoms with van der Waals surface area (Å²) in [6.45, 7) is 9.04. The van der Waals surface area contributed by atoms with Crippen molar-refractivity contribution in [2.45, 2.75) is 62.5 Å². The summed E-state index contributed by atoms with van der Waals surface area (Å²) in [4.78, 5) is 58.8. The van der Waals surface area contributed by atoms with E-state index >= 15 is 0 Å². The van der Waals surface area contributed by atoms with Crippen molar-refractivity contribution in [3.63, 3.8) is 0 Å². The Morgan fingerprint density at radius 3 is 2.53 bits per heavy atom. The summed E-state index contributed by atoms with van der Waals surface area (Å²) in [5, 5.41) is 15.0. The molecule has 1 spiro atoms. The molecule has 3 aliphatic heterocycles. The zero-order chi connectivity index (χ0) is 34.7. The van der Waals surface area contributed by atoms with Crippen molar-refractivity contribution in [1.29, 1.82) is 0 Å². The average Bonchev–Trinajstić information content (AvgIpc) is 3.76. The third-order valence-electron chi connectivity index (χ3n) is 10.1. The Balaban J connectivity index is 1.31. The van der Waals surface area contributed by atoms with Gasteiger partial charge in [-0.1, -0.05) is 72.8 Å². The third kappa shape index (κ3) is 6.26. The van der Waals surface area contributed by atoms with Gasteiger partial charge in [-0.05, 0) is 54.7 Å². The van der Waals surface area contributed by atoms with Crippen LogP contribution in [0.2, 0.25) is 0 Å². The van der Waals surface area contributed by atoms with Gasteiger partial charge in [-0.3, -0.25) is 19.2 Å². The summed E-state index contributed by atoms with van der Waals surface area (Å²) in [5.74, 6) is -3.56. The molecule has 3 amide bonds. The molecule has 3 aromatic carbocycles. The lowest BCUT2D eigenvalue weighted by atomic mass is 9.70. The summed E-state index contributed by atoms with van der Waals surface area (Å²) in [5.41, 5.74) is 0.0493. The molecular formula is C39H43N3O7. The Morgan fingerprint density at radius 2 is 1.82 bits per heavy atom. The number of fused-ring (bicyclic) bond motifs is 2. The van der Waals surface area contributed by atoms with Gasteiger partial charge < -0.3 is 29.7 Å². The fraction of sp³-hybridized carbons (Fsp3) is 0.385. The van der Waals surface area contributed by atoms with E-state index in [1.807, 2.05) is 72.8 Å². The maximum Gasteiger partial charge on any atom is 0.313 e. The second kappa shape index (κ2) is 14.4. The number of esters is 1. The van der Waals surface area contributed by atoms with Crippen LogP contribution >= 0.6 is 0 Å². The number of amides is 3. The van der Waals surface area contributed by atoms with Crippen LogP contribution in [-0.4, -0.2) is 77.2 Å². The summed E-state index contributed by atoms with van der Waals surface area (Å²) < 4.78 is 12.8. The van der Waals surface area contributed by atoms with E-state index in [4.69, 9.17) is 9.47 Å². The van der Waals surface area contributed by atoms with Crippen LogP contribution in [0.3, 0.4) is 0 Å². The fourth-order valence-corrected chi connectivity index (χ4v) is 7.93. The van der Waals surface area contributed by atoms with Crippen LogP contribution in [0, 0.1) is 11.8 Å². The first kappa shape index (κ1) is 34.1. The number of carbonyl (C=O) groups excluding carboxylic acids is 4. The van der Waals surface area contributed by atoms with E-state index in [1.165, 1.54) is 4.90 Å². The van der Waals surface area contributed by atoms with E-state index in [9.17, 15) is 24.3 Å². The molecule has 0 radical (unpaired) electrons. The zero-order valence-corrected chi connectivity index (χ0v) is 27.7. The van der Waals surface area contributed by atoms with Gasteiger partial charge in [-0.25, -0.2) is 0 Å². The molecule has 3 heterocycles. The van der Waals surface area contributed by atoms with Gasteiger partial charge in [0.25, 0.3) is 5.91 Å². The number of hydrogen-bond acceptors (Lipinski definition) is 7. The van der Waals surface area contributed by atoms with Crippen LogP contribution in [-0.2, 0) is 28.7 Å². The quantitative estimate of drug-likeness (QED) is 0.192. The molecule has 3 saturated heterocycles. The summed E-state index contributed by atoms with van der Waals surface area (Å²) >= 11 is 0. The lowest BCUT2D eigenvalue weighted by molar-refractivity contribution is -0.162. The molecule has 2 N–H and O–H groups in total. The second-order valence-electron chi connectivity index (χ2n) is 13.0. The Morgan fingerprint density at radius 1 is 1.08 bits per heavy atom. The standard InChI is InChI=1S/C39H43N3O7/c1-4-6-16-31(44)40-25(3)34(27-13-8-7-9-14-27)48-38(47)32-30-19-20-39(49-30)33(32)36(45)42(22-23-43)35(39)37(46)41(21-5-2)29-18-17-26-12-10-11-15-28(26)24-29/h4-5,7-15,17-18,24-25,30,32-35,43H,1-2,6,16,19-23H2,3H3,(H,40,44)/t25-,30+,32-,33-,34-,35+,39-/m1/s1. The van der Waals surface area contributed by atoms with Gasteiger partial charge in [-0.15, -0.1) is 13.2 Å². The minimum atomic E-state index is -1.28. The van der Waals surface area contributed by atoms with Gasteiger partial charge in [0.15, 0.2) is 0 Å². The van der Waals surface area contributed by atoms with E-state index in [-0.39, 0.29) is 37.9 Å². The number of allylic oxidation sites excluding steroid dienone is 1. The molecule has 3 fully saturated rings. The lowest BCUT2D eigenvalue weighted by Crippen LogP contribution is -2.56. The average molecular weight is 666 g/mol. The molecule has 10 nitrogen and oxygen atoms in total. The molecule has 7 atom stereocenters. The lowest BCUT2D eigenvalue weighted by Gasteiger charge is -2.36. The van der Waals surface area contributed by atoms with Crippen molar-refractivity contribution >= 4 is 40.2 Å². The van der Waals surface area contributed by atoms with E-state index in [0.29, 0.717) is 30.5 Å². The first-order chi connectivity index (χ1) is 23.7. The van der Waals surface area contributed by atoms with Crippen LogP contribution in [0.5, 0.6) is 0 Å². The maximum atomic E-state index is 14.7. The van der Waals surface area contributed by atoms with Crippen molar-refractivity contribution in [2.75, 3.05) is 24.6 Å². The fourth-order valence-electron chi connectivity index (χ4n) is 7.93. The van der Waals surface area contributed by atoms with E-state index < -0.39 is 53.6 Å². The monoisotopic (exact) mass is 665 g/mol. The normalized spacial score (nSPS) is 25.0. The largest absolute Gasteiger partial charge is 0.455 e. The Kier molecular flexibility index (Phi) is 9.99. The predicted octanol–water partition coefficient (Wildman–Crippen LogP) is 4.48. The van der Waals surface area contributed by atoms with Gasteiger partial charge in [0.2, 0.25) is 11.8 Å². The van der Waals surface area contributed by atoms with E-state index in [0.717, 1.165) is 10.8 Å². The minimum Gasteiger partial charge on any atom is -0.455 e. The number of aliphatic hydroxyl groups is 1. The molecule has 0 saturated carbocycles. The molecule has 0 unspecified atom stereocenters. The first-order valence-corrected chi connectivity index (χ1v) is 16.9. The van der Waals surface area contributed by atoms with Crippen molar-refractivity contribution in [1.82, 2.24) is 10.2 Å². The molecule has 10 heteroatoms.